The zero-order valence-corrected chi connectivity index (χ0v) is 9.47. The second-order valence-electron chi connectivity index (χ2n) is 4.50. The van der Waals surface area contributed by atoms with E-state index in [-0.39, 0.29) is 18.8 Å². The molecule has 0 amide bonds. The van der Waals surface area contributed by atoms with Crippen molar-refractivity contribution in [2.75, 3.05) is 12.3 Å². The predicted molar refractivity (Wildman–Crippen MR) is 60.3 cm³/mol. The van der Waals surface area contributed by atoms with Gasteiger partial charge in [-0.3, -0.25) is 4.57 Å². The SMILES string of the molecule is Nc1ccn(C(O)[C@]2(O)CC(CO)[C@@H]2O)c(=O)n1. The van der Waals surface area contributed by atoms with Gasteiger partial charge in [-0.15, -0.1) is 0 Å². The molecule has 0 radical (unpaired) electrons. The topological polar surface area (TPSA) is 142 Å². The summed E-state index contributed by atoms with van der Waals surface area (Å²) < 4.78 is 0.785. The highest BCUT2D eigenvalue weighted by Crippen LogP contribution is 2.43. The van der Waals surface area contributed by atoms with Crippen LogP contribution in [0.15, 0.2) is 17.1 Å². The summed E-state index contributed by atoms with van der Waals surface area (Å²) in [6.07, 6.45) is -1.77. The van der Waals surface area contributed by atoms with Crippen molar-refractivity contribution in [1.82, 2.24) is 9.55 Å². The molecule has 0 saturated heterocycles. The van der Waals surface area contributed by atoms with Gasteiger partial charge in [-0.1, -0.05) is 0 Å². The molecule has 4 atom stereocenters. The van der Waals surface area contributed by atoms with Gasteiger partial charge in [-0.25, -0.2) is 4.79 Å². The van der Waals surface area contributed by atoms with Gasteiger partial charge < -0.3 is 26.2 Å². The third kappa shape index (κ3) is 1.79. The van der Waals surface area contributed by atoms with Crippen LogP contribution in [0, 0.1) is 5.92 Å². The first-order valence-corrected chi connectivity index (χ1v) is 5.44. The van der Waals surface area contributed by atoms with E-state index in [9.17, 15) is 20.1 Å². The van der Waals surface area contributed by atoms with E-state index in [1.54, 1.807) is 0 Å². The van der Waals surface area contributed by atoms with E-state index in [1.807, 2.05) is 0 Å². The lowest BCUT2D eigenvalue weighted by Gasteiger charge is -2.50. The minimum Gasteiger partial charge on any atom is -0.396 e. The molecular formula is C10H15N3O5. The van der Waals surface area contributed by atoms with Gasteiger partial charge in [0.05, 0.1) is 6.10 Å². The lowest BCUT2D eigenvalue weighted by atomic mass is 9.67. The molecule has 8 heteroatoms. The van der Waals surface area contributed by atoms with Gasteiger partial charge in [0.25, 0.3) is 0 Å². The smallest absolute Gasteiger partial charge is 0.351 e. The summed E-state index contributed by atoms with van der Waals surface area (Å²) in [5, 5.41) is 38.6. The van der Waals surface area contributed by atoms with Crippen molar-refractivity contribution in [3.8, 4) is 0 Å². The summed E-state index contributed by atoms with van der Waals surface area (Å²) in [7, 11) is 0. The molecule has 1 aromatic rings. The molecule has 0 aliphatic heterocycles. The number of hydrogen-bond acceptors (Lipinski definition) is 7. The van der Waals surface area contributed by atoms with Gasteiger partial charge in [0.2, 0.25) is 0 Å². The fourth-order valence-electron chi connectivity index (χ4n) is 2.18. The highest BCUT2D eigenvalue weighted by Gasteiger charge is 2.57. The monoisotopic (exact) mass is 257 g/mol. The molecule has 0 aromatic carbocycles. The van der Waals surface area contributed by atoms with Crippen LogP contribution < -0.4 is 11.4 Å². The summed E-state index contributed by atoms with van der Waals surface area (Å²) in [5.74, 6) is -0.514. The van der Waals surface area contributed by atoms with Crippen LogP contribution in [0.25, 0.3) is 0 Å². The van der Waals surface area contributed by atoms with Gasteiger partial charge in [0.1, 0.15) is 11.4 Å². The van der Waals surface area contributed by atoms with Crippen LogP contribution in [0.2, 0.25) is 0 Å². The molecule has 1 fully saturated rings. The number of aliphatic hydroxyl groups excluding tert-OH is 3. The molecule has 0 spiro atoms. The number of nitrogens with two attached hydrogens (primary N) is 1. The van der Waals surface area contributed by atoms with Crippen molar-refractivity contribution in [2.24, 2.45) is 5.92 Å². The molecule has 1 aliphatic rings. The minimum atomic E-state index is -1.87. The van der Waals surface area contributed by atoms with Gasteiger partial charge in [0, 0.05) is 18.7 Å². The molecule has 2 unspecified atom stereocenters. The molecule has 1 aromatic heterocycles. The maximum Gasteiger partial charge on any atom is 0.351 e. The van der Waals surface area contributed by atoms with Crippen LogP contribution in [0.1, 0.15) is 12.6 Å². The number of aromatic nitrogens is 2. The summed E-state index contributed by atoms with van der Waals surface area (Å²) in [6, 6.07) is 1.29. The van der Waals surface area contributed by atoms with E-state index in [0.29, 0.717) is 0 Å². The molecule has 0 bridgehead atoms. The third-order valence-electron chi connectivity index (χ3n) is 3.34. The Hall–Kier alpha value is -1.48. The van der Waals surface area contributed by atoms with Gasteiger partial charge in [0.15, 0.2) is 6.23 Å². The Morgan fingerprint density at radius 2 is 2.33 bits per heavy atom. The average Bonchev–Trinajstić information content (AvgIpc) is 2.34. The fraction of sp³-hybridized carbons (Fsp3) is 0.600. The number of hydrogen-bond donors (Lipinski definition) is 5. The maximum absolute atomic E-state index is 11.5. The largest absolute Gasteiger partial charge is 0.396 e. The second-order valence-corrected chi connectivity index (χ2v) is 4.50. The van der Waals surface area contributed by atoms with Crippen molar-refractivity contribution in [3.05, 3.63) is 22.7 Å². The first kappa shape index (κ1) is 13.0. The summed E-state index contributed by atoms with van der Waals surface area (Å²) >= 11 is 0. The normalized spacial score (nSPS) is 32.9. The highest BCUT2D eigenvalue weighted by molar-refractivity contribution is 5.23. The Kier molecular flexibility index (Phi) is 3.11. The van der Waals surface area contributed by atoms with Gasteiger partial charge in [-0.05, 0) is 12.5 Å². The Labute approximate surface area is 102 Å². The lowest BCUT2D eigenvalue weighted by molar-refractivity contribution is -0.259. The Balaban J connectivity index is 2.27. The van der Waals surface area contributed by atoms with Crippen LogP contribution >= 0.6 is 0 Å². The molecular weight excluding hydrogens is 242 g/mol. The van der Waals surface area contributed by atoms with Crippen molar-refractivity contribution in [2.45, 2.75) is 24.4 Å². The van der Waals surface area contributed by atoms with Crippen LogP contribution in [-0.4, -0.2) is 48.3 Å². The van der Waals surface area contributed by atoms with Crippen molar-refractivity contribution < 1.29 is 20.4 Å². The summed E-state index contributed by atoms with van der Waals surface area (Å²) in [5.41, 5.74) is 2.61. The number of anilines is 1. The third-order valence-corrected chi connectivity index (χ3v) is 3.34. The van der Waals surface area contributed by atoms with E-state index in [0.717, 1.165) is 4.57 Å². The van der Waals surface area contributed by atoms with Gasteiger partial charge in [-0.2, -0.15) is 4.98 Å². The van der Waals surface area contributed by atoms with E-state index in [1.165, 1.54) is 12.3 Å². The lowest BCUT2D eigenvalue weighted by Crippen LogP contribution is -2.64. The van der Waals surface area contributed by atoms with Gasteiger partial charge >= 0.3 is 5.69 Å². The Morgan fingerprint density at radius 3 is 2.83 bits per heavy atom. The van der Waals surface area contributed by atoms with Crippen molar-refractivity contribution >= 4 is 5.82 Å². The van der Waals surface area contributed by atoms with Crippen LogP contribution in [-0.2, 0) is 0 Å². The van der Waals surface area contributed by atoms with E-state index in [4.69, 9.17) is 10.8 Å². The molecule has 100 valence electrons. The molecule has 6 N–H and O–H groups in total. The molecule has 8 nitrogen and oxygen atoms in total. The average molecular weight is 257 g/mol. The van der Waals surface area contributed by atoms with E-state index in [2.05, 4.69) is 4.98 Å². The second kappa shape index (κ2) is 4.32. The van der Waals surface area contributed by atoms with E-state index < -0.39 is 29.5 Å². The number of aliphatic hydroxyl groups is 4. The predicted octanol–water partition coefficient (Wildman–Crippen LogP) is -2.58. The Bertz CT molecular complexity index is 505. The number of nitrogen functional groups attached to an aromatic ring is 1. The minimum absolute atomic E-state index is 0.00201. The van der Waals surface area contributed by atoms with Crippen molar-refractivity contribution in [1.29, 1.82) is 0 Å². The summed E-state index contributed by atoms with van der Waals surface area (Å²) in [4.78, 5) is 14.9. The van der Waals surface area contributed by atoms with Crippen molar-refractivity contribution in [3.63, 3.8) is 0 Å². The first-order chi connectivity index (χ1) is 8.40. The Morgan fingerprint density at radius 1 is 1.67 bits per heavy atom. The molecule has 1 heterocycles. The maximum atomic E-state index is 11.5. The van der Waals surface area contributed by atoms with E-state index >= 15 is 0 Å². The van der Waals surface area contributed by atoms with Crippen LogP contribution in [0.4, 0.5) is 5.82 Å². The molecule has 18 heavy (non-hydrogen) atoms. The zero-order chi connectivity index (χ0) is 13.5. The zero-order valence-electron chi connectivity index (χ0n) is 9.47. The summed E-state index contributed by atoms with van der Waals surface area (Å²) in [6.45, 7) is -0.301. The quantitative estimate of drug-likeness (QED) is 0.400. The fourth-order valence-corrected chi connectivity index (χ4v) is 2.18. The number of nitrogens with zero attached hydrogens (tertiary/aromatic N) is 2. The van der Waals surface area contributed by atoms with Crippen LogP contribution in [0.3, 0.4) is 0 Å². The van der Waals surface area contributed by atoms with Crippen LogP contribution in [0.5, 0.6) is 0 Å². The first-order valence-electron chi connectivity index (χ1n) is 5.44. The molecule has 1 aliphatic carbocycles. The highest BCUT2D eigenvalue weighted by atomic mass is 16.4. The molecule has 2 rings (SSSR count). The molecule has 1 saturated carbocycles. The number of rotatable bonds is 3. The standard InChI is InChI=1S/C10H15N3O5/c11-6-1-2-13(9(17)12-6)8(16)10(18)3-5(4-14)7(10)15/h1-2,5,7-8,14-16,18H,3-4H2,(H2,11,12,17)/t5?,7-,8?,10-/m0/s1.